The van der Waals surface area contributed by atoms with E-state index >= 15 is 0 Å². The lowest BCUT2D eigenvalue weighted by molar-refractivity contribution is 0.447. The monoisotopic (exact) mass is 164 g/mol. The average molecular weight is 164 g/mol. The van der Waals surface area contributed by atoms with E-state index in [1.807, 2.05) is 12.1 Å². The van der Waals surface area contributed by atoms with Gasteiger partial charge in [0.1, 0.15) is 11.5 Å². The minimum atomic E-state index is 0.660. The predicted molar refractivity (Wildman–Crippen MR) is 51.2 cm³/mol. The van der Waals surface area contributed by atoms with Gasteiger partial charge in [-0.2, -0.15) is 0 Å². The van der Waals surface area contributed by atoms with Crippen LogP contribution in [0.5, 0.6) is 0 Å². The van der Waals surface area contributed by atoms with Gasteiger partial charge in [-0.3, -0.25) is 0 Å². The van der Waals surface area contributed by atoms with Gasteiger partial charge in [0.05, 0.1) is 0 Å². The van der Waals surface area contributed by atoms with Crippen molar-refractivity contribution in [2.75, 3.05) is 0 Å². The van der Waals surface area contributed by atoms with Crippen molar-refractivity contribution >= 4 is 0 Å². The Kier molecular flexibility index (Phi) is 3.15. The SMILES string of the molecule is C=CCc1ccc(CC(C)C)o1. The molecule has 0 aliphatic rings. The zero-order valence-corrected chi connectivity index (χ0v) is 7.84. The predicted octanol–water partition coefficient (Wildman–Crippen LogP) is 3.21. The first kappa shape index (κ1) is 9.11. The van der Waals surface area contributed by atoms with Crippen molar-refractivity contribution in [3.05, 3.63) is 36.3 Å². The molecule has 0 radical (unpaired) electrons. The Hall–Kier alpha value is -0.980. The van der Waals surface area contributed by atoms with E-state index in [4.69, 9.17) is 4.42 Å². The van der Waals surface area contributed by atoms with Crippen LogP contribution in [0.2, 0.25) is 0 Å². The fourth-order valence-electron chi connectivity index (χ4n) is 1.19. The van der Waals surface area contributed by atoms with Crippen LogP contribution in [-0.4, -0.2) is 0 Å². The summed E-state index contributed by atoms with van der Waals surface area (Å²) < 4.78 is 5.56. The van der Waals surface area contributed by atoms with Gasteiger partial charge in [-0.1, -0.05) is 19.9 Å². The third-order valence-corrected chi connectivity index (χ3v) is 1.67. The molecule has 0 N–H and O–H groups in total. The van der Waals surface area contributed by atoms with Crippen LogP contribution in [0.25, 0.3) is 0 Å². The summed E-state index contributed by atoms with van der Waals surface area (Å²) in [6.07, 6.45) is 3.72. The highest BCUT2D eigenvalue weighted by Crippen LogP contribution is 2.12. The number of hydrogen-bond donors (Lipinski definition) is 0. The molecule has 1 nitrogen and oxygen atoms in total. The van der Waals surface area contributed by atoms with E-state index in [1.165, 1.54) is 0 Å². The summed E-state index contributed by atoms with van der Waals surface area (Å²) in [6.45, 7) is 8.05. The number of furan rings is 1. The van der Waals surface area contributed by atoms with E-state index in [-0.39, 0.29) is 0 Å². The van der Waals surface area contributed by atoms with Crippen molar-refractivity contribution in [2.24, 2.45) is 5.92 Å². The van der Waals surface area contributed by atoms with Crippen molar-refractivity contribution in [3.63, 3.8) is 0 Å². The highest BCUT2D eigenvalue weighted by atomic mass is 16.3. The molecule has 0 fully saturated rings. The van der Waals surface area contributed by atoms with E-state index in [9.17, 15) is 0 Å². The van der Waals surface area contributed by atoms with Crippen LogP contribution in [0.15, 0.2) is 29.2 Å². The molecule has 0 bridgehead atoms. The average Bonchev–Trinajstić information content (AvgIpc) is 2.36. The molecule has 0 unspecified atom stereocenters. The molecule has 12 heavy (non-hydrogen) atoms. The summed E-state index contributed by atoms with van der Waals surface area (Å²) >= 11 is 0. The maximum atomic E-state index is 5.56. The molecule has 0 saturated heterocycles. The lowest BCUT2D eigenvalue weighted by atomic mass is 10.1. The van der Waals surface area contributed by atoms with Gasteiger partial charge in [-0.15, -0.1) is 6.58 Å². The lowest BCUT2D eigenvalue weighted by Crippen LogP contribution is -1.90. The van der Waals surface area contributed by atoms with Crippen molar-refractivity contribution in [3.8, 4) is 0 Å². The summed E-state index contributed by atoms with van der Waals surface area (Å²) in [6, 6.07) is 4.08. The van der Waals surface area contributed by atoms with Crippen molar-refractivity contribution in [1.29, 1.82) is 0 Å². The molecule has 1 heterocycles. The first-order chi connectivity index (χ1) is 5.72. The Morgan fingerprint density at radius 3 is 2.67 bits per heavy atom. The van der Waals surface area contributed by atoms with Gasteiger partial charge in [0.25, 0.3) is 0 Å². The first-order valence-corrected chi connectivity index (χ1v) is 4.41. The normalized spacial score (nSPS) is 10.6. The highest BCUT2D eigenvalue weighted by molar-refractivity contribution is 5.09. The third kappa shape index (κ3) is 2.57. The molecule has 0 spiro atoms. The second kappa shape index (κ2) is 4.15. The Balaban J connectivity index is 2.57. The smallest absolute Gasteiger partial charge is 0.107 e. The summed E-state index contributed by atoms with van der Waals surface area (Å²) in [5.74, 6) is 2.76. The van der Waals surface area contributed by atoms with Gasteiger partial charge < -0.3 is 4.42 Å². The summed E-state index contributed by atoms with van der Waals surface area (Å²) in [7, 11) is 0. The quantitative estimate of drug-likeness (QED) is 0.623. The van der Waals surface area contributed by atoms with Gasteiger partial charge >= 0.3 is 0 Å². The van der Waals surface area contributed by atoms with Gasteiger partial charge in [0.2, 0.25) is 0 Å². The molecule has 0 aliphatic heterocycles. The third-order valence-electron chi connectivity index (χ3n) is 1.67. The first-order valence-electron chi connectivity index (χ1n) is 4.41. The highest BCUT2D eigenvalue weighted by Gasteiger charge is 2.02. The molecule has 0 amide bonds. The minimum absolute atomic E-state index is 0.660. The van der Waals surface area contributed by atoms with Crippen LogP contribution in [-0.2, 0) is 12.8 Å². The number of hydrogen-bond acceptors (Lipinski definition) is 1. The molecule has 0 saturated carbocycles. The van der Waals surface area contributed by atoms with Crippen LogP contribution in [0.3, 0.4) is 0 Å². The topological polar surface area (TPSA) is 13.1 Å². The molecule has 1 aromatic heterocycles. The number of rotatable bonds is 4. The molecule has 1 aromatic rings. The fourth-order valence-corrected chi connectivity index (χ4v) is 1.19. The Morgan fingerprint density at radius 1 is 1.42 bits per heavy atom. The zero-order chi connectivity index (χ0) is 8.97. The Labute approximate surface area is 74.1 Å². The van der Waals surface area contributed by atoms with Crippen molar-refractivity contribution in [2.45, 2.75) is 26.7 Å². The minimum Gasteiger partial charge on any atom is -0.466 e. The maximum Gasteiger partial charge on any atom is 0.107 e. The van der Waals surface area contributed by atoms with Gasteiger partial charge in [-0.05, 0) is 18.1 Å². The molecule has 0 atom stereocenters. The molecule has 0 aliphatic carbocycles. The van der Waals surface area contributed by atoms with E-state index in [2.05, 4.69) is 26.5 Å². The van der Waals surface area contributed by atoms with E-state index in [1.54, 1.807) is 0 Å². The fraction of sp³-hybridized carbons (Fsp3) is 0.455. The molecular formula is C11H16O. The summed E-state index contributed by atoms with van der Waals surface area (Å²) in [5, 5.41) is 0. The molecule has 0 aromatic carbocycles. The van der Waals surface area contributed by atoms with Crippen molar-refractivity contribution in [1.82, 2.24) is 0 Å². The van der Waals surface area contributed by atoms with Crippen LogP contribution in [0.1, 0.15) is 25.4 Å². The molecule has 1 heteroatoms. The van der Waals surface area contributed by atoms with Crippen LogP contribution in [0.4, 0.5) is 0 Å². The Bertz CT molecular complexity index is 245. The van der Waals surface area contributed by atoms with E-state index < -0.39 is 0 Å². The Morgan fingerprint density at radius 2 is 2.08 bits per heavy atom. The molecule has 1 rings (SSSR count). The van der Waals surface area contributed by atoms with E-state index in [0.717, 1.165) is 24.4 Å². The second-order valence-electron chi connectivity index (χ2n) is 3.46. The zero-order valence-electron chi connectivity index (χ0n) is 7.84. The van der Waals surface area contributed by atoms with Crippen LogP contribution >= 0.6 is 0 Å². The van der Waals surface area contributed by atoms with E-state index in [0.29, 0.717) is 5.92 Å². The summed E-state index contributed by atoms with van der Waals surface area (Å²) in [5.41, 5.74) is 0. The summed E-state index contributed by atoms with van der Waals surface area (Å²) in [4.78, 5) is 0. The van der Waals surface area contributed by atoms with Gasteiger partial charge in [0, 0.05) is 12.8 Å². The van der Waals surface area contributed by atoms with Crippen molar-refractivity contribution < 1.29 is 4.42 Å². The maximum absolute atomic E-state index is 5.56. The lowest BCUT2D eigenvalue weighted by Gasteiger charge is -1.99. The second-order valence-corrected chi connectivity index (χ2v) is 3.46. The standard InChI is InChI=1S/C11H16O/c1-4-5-10-6-7-11(12-10)8-9(2)3/h4,6-7,9H,1,5,8H2,2-3H3. The van der Waals surface area contributed by atoms with Gasteiger partial charge in [0.15, 0.2) is 0 Å². The van der Waals surface area contributed by atoms with Gasteiger partial charge in [-0.25, -0.2) is 0 Å². The number of allylic oxidation sites excluding steroid dienone is 1. The molecule has 66 valence electrons. The van der Waals surface area contributed by atoms with Crippen LogP contribution in [0, 0.1) is 5.92 Å². The molecular weight excluding hydrogens is 148 g/mol. The van der Waals surface area contributed by atoms with Crippen LogP contribution < -0.4 is 0 Å². The largest absolute Gasteiger partial charge is 0.466 e.